The van der Waals surface area contributed by atoms with Crippen LogP contribution in [0.25, 0.3) is 0 Å². The van der Waals surface area contributed by atoms with Crippen molar-refractivity contribution >= 4 is 11.8 Å². The molecule has 0 bridgehead atoms. The number of hydrogen-bond acceptors (Lipinski definition) is 3. The number of ether oxygens (including phenoxy) is 1. The lowest BCUT2D eigenvalue weighted by atomic mass is 10.1. The molecule has 0 radical (unpaired) electrons. The number of para-hydroxylation sites is 1. The number of amides is 2. The fourth-order valence-corrected chi connectivity index (χ4v) is 2.37. The first-order valence-electron chi connectivity index (χ1n) is 8.21. The zero-order valence-electron chi connectivity index (χ0n) is 14.5. The van der Waals surface area contributed by atoms with E-state index in [0.29, 0.717) is 5.56 Å². The number of hydrogen-bond donors (Lipinski definition) is 2. The third kappa shape index (κ3) is 7.01. The Labute approximate surface area is 154 Å². The Kier molecular flexibility index (Phi) is 6.81. The largest absolute Gasteiger partial charge is 0.573 e. The number of nitrogens with one attached hydrogen (secondary N) is 2. The average Bonchev–Trinajstić information content (AvgIpc) is 2.60. The summed E-state index contributed by atoms with van der Waals surface area (Å²) >= 11 is 0. The van der Waals surface area contributed by atoms with Crippen molar-refractivity contribution in [3.63, 3.8) is 0 Å². The molecule has 0 aliphatic carbocycles. The van der Waals surface area contributed by atoms with Gasteiger partial charge in [-0.1, -0.05) is 36.4 Å². The number of carbonyl (C=O) groups is 2. The van der Waals surface area contributed by atoms with Crippen LogP contribution >= 0.6 is 0 Å². The Morgan fingerprint density at radius 1 is 1.04 bits per heavy atom. The van der Waals surface area contributed by atoms with Crippen molar-refractivity contribution in [2.75, 3.05) is 0 Å². The highest BCUT2D eigenvalue weighted by atomic mass is 19.4. The lowest BCUT2D eigenvalue weighted by Gasteiger charge is -2.15. The average molecular weight is 380 g/mol. The summed E-state index contributed by atoms with van der Waals surface area (Å²) < 4.78 is 41.2. The molecule has 144 valence electrons. The third-order valence-corrected chi connectivity index (χ3v) is 3.58. The second-order valence-corrected chi connectivity index (χ2v) is 5.88. The summed E-state index contributed by atoms with van der Waals surface area (Å²) in [4.78, 5) is 24.0. The van der Waals surface area contributed by atoms with E-state index < -0.39 is 18.3 Å². The van der Waals surface area contributed by atoms with Crippen molar-refractivity contribution in [1.29, 1.82) is 0 Å². The van der Waals surface area contributed by atoms with E-state index in [4.69, 9.17) is 0 Å². The fraction of sp³-hybridized carbons (Fsp3) is 0.263. The van der Waals surface area contributed by atoms with Crippen molar-refractivity contribution < 1.29 is 27.5 Å². The summed E-state index contributed by atoms with van der Waals surface area (Å²) in [6.45, 7) is 1.55. The van der Waals surface area contributed by atoms with E-state index in [0.717, 1.165) is 0 Å². The molecule has 0 aliphatic rings. The highest BCUT2D eigenvalue weighted by Crippen LogP contribution is 2.26. The predicted octanol–water partition coefficient (Wildman–Crippen LogP) is 3.41. The SMILES string of the molecule is CC(CC(=O)NCc1ccccc1OC(F)(F)F)NC(=O)c1ccccc1. The minimum absolute atomic E-state index is 0.0130. The Morgan fingerprint density at radius 3 is 2.33 bits per heavy atom. The van der Waals surface area contributed by atoms with Crippen molar-refractivity contribution in [3.8, 4) is 5.75 Å². The number of alkyl halides is 3. The summed E-state index contributed by atoms with van der Waals surface area (Å²) in [5.74, 6) is -1.08. The van der Waals surface area contributed by atoms with Gasteiger partial charge in [-0.25, -0.2) is 0 Å². The molecule has 0 saturated carbocycles. The van der Waals surface area contributed by atoms with Crippen LogP contribution in [-0.4, -0.2) is 24.2 Å². The monoisotopic (exact) mass is 380 g/mol. The molecule has 2 amide bonds. The van der Waals surface area contributed by atoms with Crippen molar-refractivity contribution in [3.05, 3.63) is 65.7 Å². The zero-order chi connectivity index (χ0) is 19.9. The van der Waals surface area contributed by atoms with Crippen LogP contribution in [0.2, 0.25) is 0 Å². The van der Waals surface area contributed by atoms with E-state index in [9.17, 15) is 22.8 Å². The Hall–Kier alpha value is -3.03. The second kappa shape index (κ2) is 9.07. The van der Waals surface area contributed by atoms with Gasteiger partial charge in [0.25, 0.3) is 5.91 Å². The molecule has 27 heavy (non-hydrogen) atoms. The normalized spacial score (nSPS) is 12.1. The zero-order valence-corrected chi connectivity index (χ0v) is 14.5. The van der Waals surface area contributed by atoms with Crippen LogP contribution in [0.5, 0.6) is 5.75 Å². The molecule has 2 aromatic rings. The van der Waals surface area contributed by atoms with Gasteiger partial charge >= 0.3 is 6.36 Å². The number of benzene rings is 2. The molecular weight excluding hydrogens is 361 g/mol. The number of carbonyl (C=O) groups excluding carboxylic acids is 2. The van der Waals surface area contributed by atoms with Crippen LogP contribution in [0.15, 0.2) is 54.6 Å². The maximum atomic E-state index is 12.4. The van der Waals surface area contributed by atoms with E-state index in [2.05, 4.69) is 15.4 Å². The van der Waals surface area contributed by atoms with Gasteiger partial charge in [0.15, 0.2) is 0 Å². The molecular formula is C19H19F3N2O3. The molecule has 1 atom stereocenters. The molecule has 5 nitrogen and oxygen atoms in total. The fourth-order valence-electron chi connectivity index (χ4n) is 2.37. The number of halogens is 3. The molecule has 2 N–H and O–H groups in total. The minimum Gasteiger partial charge on any atom is -0.405 e. The maximum Gasteiger partial charge on any atom is 0.573 e. The second-order valence-electron chi connectivity index (χ2n) is 5.88. The van der Waals surface area contributed by atoms with Gasteiger partial charge in [-0.15, -0.1) is 13.2 Å². The van der Waals surface area contributed by atoms with E-state index >= 15 is 0 Å². The van der Waals surface area contributed by atoms with E-state index in [1.54, 1.807) is 43.3 Å². The molecule has 8 heteroatoms. The molecule has 0 fully saturated rings. The molecule has 1 unspecified atom stereocenters. The molecule has 0 aromatic heterocycles. The first-order valence-corrected chi connectivity index (χ1v) is 8.21. The standard InChI is InChI=1S/C19H19F3N2O3/c1-13(24-18(26)14-7-3-2-4-8-14)11-17(25)23-12-15-9-5-6-10-16(15)27-19(20,21)22/h2-10,13H,11-12H2,1H3,(H,23,25)(H,24,26). The van der Waals surface area contributed by atoms with Crippen molar-refractivity contribution in [2.24, 2.45) is 0 Å². The first-order chi connectivity index (χ1) is 12.7. The van der Waals surface area contributed by atoms with Crippen LogP contribution in [0.4, 0.5) is 13.2 Å². The van der Waals surface area contributed by atoms with Gasteiger partial charge in [-0.2, -0.15) is 0 Å². The van der Waals surface area contributed by atoms with Crippen LogP contribution in [-0.2, 0) is 11.3 Å². The molecule has 2 rings (SSSR count). The van der Waals surface area contributed by atoms with Crippen molar-refractivity contribution in [1.82, 2.24) is 10.6 Å². The van der Waals surface area contributed by atoms with Gasteiger partial charge < -0.3 is 15.4 Å². The first kappa shape index (κ1) is 20.3. The molecule has 0 heterocycles. The van der Waals surface area contributed by atoms with Crippen LogP contribution in [0.1, 0.15) is 29.3 Å². The van der Waals surface area contributed by atoms with E-state index in [-0.39, 0.29) is 30.2 Å². The van der Waals surface area contributed by atoms with Gasteiger partial charge in [0.2, 0.25) is 5.91 Å². The summed E-state index contributed by atoms with van der Waals surface area (Å²) in [5, 5.41) is 5.23. The topological polar surface area (TPSA) is 67.4 Å². The van der Waals surface area contributed by atoms with Gasteiger partial charge in [0.05, 0.1) is 0 Å². The molecule has 0 aliphatic heterocycles. The van der Waals surface area contributed by atoms with Crippen LogP contribution < -0.4 is 15.4 Å². The lowest BCUT2D eigenvalue weighted by Crippen LogP contribution is -2.37. The summed E-state index contributed by atoms with van der Waals surface area (Å²) in [6, 6.07) is 13.7. The number of rotatable bonds is 7. The lowest BCUT2D eigenvalue weighted by molar-refractivity contribution is -0.274. The molecule has 0 spiro atoms. The summed E-state index contributed by atoms with van der Waals surface area (Å²) in [5.41, 5.74) is 0.673. The smallest absolute Gasteiger partial charge is 0.405 e. The maximum absolute atomic E-state index is 12.4. The van der Waals surface area contributed by atoms with Gasteiger partial charge in [-0.3, -0.25) is 9.59 Å². The highest BCUT2D eigenvalue weighted by Gasteiger charge is 2.32. The van der Waals surface area contributed by atoms with E-state index in [1.165, 1.54) is 18.2 Å². The summed E-state index contributed by atoms with van der Waals surface area (Å²) in [6.07, 6.45) is -4.82. The minimum atomic E-state index is -4.81. The molecule has 2 aromatic carbocycles. The van der Waals surface area contributed by atoms with Crippen molar-refractivity contribution in [2.45, 2.75) is 32.3 Å². The van der Waals surface area contributed by atoms with E-state index in [1.807, 2.05) is 0 Å². The quantitative estimate of drug-likeness (QED) is 0.774. The Balaban J connectivity index is 1.85. The van der Waals surface area contributed by atoms with Gasteiger partial charge in [-0.05, 0) is 25.1 Å². The third-order valence-electron chi connectivity index (χ3n) is 3.58. The molecule has 0 saturated heterocycles. The summed E-state index contributed by atoms with van der Waals surface area (Å²) in [7, 11) is 0. The van der Waals surface area contributed by atoms with Gasteiger partial charge in [0.1, 0.15) is 5.75 Å². The Bertz CT molecular complexity index is 779. The van der Waals surface area contributed by atoms with Gasteiger partial charge in [0, 0.05) is 30.1 Å². The Morgan fingerprint density at radius 2 is 1.67 bits per heavy atom. The van der Waals surface area contributed by atoms with Crippen LogP contribution in [0, 0.1) is 0 Å². The predicted molar refractivity (Wildman–Crippen MR) is 93.0 cm³/mol. The van der Waals surface area contributed by atoms with Crippen LogP contribution in [0.3, 0.4) is 0 Å². The highest BCUT2D eigenvalue weighted by molar-refractivity contribution is 5.94.